The van der Waals surface area contributed by atoms with Gasteiger partial charge in [0.2, 0.25) is 0 Å². The van der Waals surface area contributed by atoms with Crippen LogP contribution in [-0.4, -0.2) is 32.4 Å². The van der Waals surface area contributed by atoms with E-state index in [0.29, 0.717) is 13.2 Å². The minimum absolute atomic E-state index is 0.122. The maximum absolute atomic E-state index is 5.82. The highest BCUT2D eigenvalue weighted by Crippen LogP contribution is 2.22. The molecule has 1 aliphatic heterocycles. The van der Waals surface area contributed by atoms with Crippen molar-refractivity contribution in [1.82, 2.24) is 0 Å². The lowest BCUT2D eigenvalue weighted by Crippen LogP contribution is -2.44. The number of rotatable bonds is 5. The fourth-order valence-electron chi connectivity index (χ4n) is 2.61. The van der Waals surface area contributed by atoms with E-state index < -0.39 is 0 Å². The van der Waals surface area contributed by atoms with Gasteiger partial charge in [-0.2, -0.15) is 0 Å². The van der Waals surface area contributed by atoms with Crippen molar-refractivity contribution in [1.29, 1.82) is 0 Å². The maximum atomic E-state index is 5.82. The summed E-state index contributed by atoms with van der Waals surface area (Å²) in [5.74, 6) is 0. The van der Waals surface area contributed by atoms with E-state index in [1.54, 1.807) is 0 Å². The first-order chi connectivity index (χ1) is 10.8. The second-order valence-corrected chi connectivity index (χ2v) is 6.34. The Kier molecular flexibility index (Phi) is 5.48. The molecule has 0 radical (unpaired) electrons. The lowest BCUT2D eigenvalue weighted by molar-refractivity contribution is -0.0283. The van der Waals surface area contributed by atoms with Gasteiger partial charge in [0.05, 0.1) is 25.9 Å². The molecule has 0 bridgehead atoms. The highest BCUT2D eigenvalue weighted by atomic mass is 79.9. The molecule has 1 heterocycles. The SMILES string of the molecule is Brc1cccc(N2CCO[C@@H](COCc3ccccc3)C2)c1. The van der Waals surface area contributed by atoms with Crippen molar-refractivity contribution < 1.29 is 9.47 Å². The molecule has 3 rings (SSSR count). The molecule has 4 heteroatoms. The van der Waals surface area contributed by atoms with Gasteiger partial charge >= 0.3 is 0 Å². The topological polar surface area (TPSA) is 21.7 Å². The van der Waals surface area contributed by atoms with Gasteiger partial charge in [0.25, 0.3) is 0 Å². The number of nitrogens with zero attached hydrogens (tertiary/aromatic N) is 1. The van der Waals surface area contributed by atoms with Crippen LogP contribution in [0.1, 0.15) is 5.56 Å². The van der Waals surface area contributed by atoms with Gasteiger partial charge in [0.1, 0.15) is 0 Å². The Morgan fingerprint density at radius 1 is 1.14 bits per heavy atom. The molecule has 0 N–H and O–H groups in total. The lowest BCUT2D eigenvalue weighted by Gasteiger charge is -2.34. The summed E-state index contributed by atoms with van der Waals surface area (Å²) < 4.78 is 12.7. The van der Waals surface area contributed by atoms with Crippen LogP contribution in [0.25, 0.3) is 0 Å². The van der Waals surface area contributed by atoms with Crippen LogP contribution >= 0.6 is 15.9 Å². The minimum atomic E-state index is 0.122. The zero-order valence-electron chi connectivity index (χ0n) is 12.5. The number of benzene rings is 2. The number of halogens is 1. The van der Waals surface area contributed by atoms with Crippen molar-refractivity contribution in [2.45, 2.75) is 12.7 Å². The van der Waals surface area contributed by atoms with Crippen LogP contribution in [0, 0.1) is 0 Å². The third kappa shape index (κ3) is 4.32. The summed E-state index contributed by atoms with van der Waals surface area (Å²) in [4.78, 5) is 2.35. The number of ether oxygens (including phenoxy) is 2. The van der Waals surface area contributed by atoms with Crippen molar-refractivity contribution in [2.75, 3.05) is 31.2 Å². The lowest BCUT2D eigenvalue weighted by atomic mass is 10.2. The number of hydrogen-bond donors (Lipinski definition) is 0. The van der Waals surface area contributed by atoms with Crippen LogP contribution in [0.4, 0.5) is 5.69 Å². The third-order valence-electron chi connectivity index (χ3n) is 3.73. The molecule has 1 atom stereocenters. The standard InChI is InChI=1S/C18H20BrNO2/c19-16-7-4-8-17(11-16)20-9-10-22-18(12-20)14-21-13-15-5-2-1-3-6-15/h1-8,11,18H,9-10,12-14H2/t18-/m1/s1. The van der Waals surface area contributed by atoms with Gasteiger partial charge in [-0.25, -0.2) is 0 Å². The Balaban J connectivity index is 1.50. The molecular weight excluding hydrogens is 342 g/mol. The average Bonchev–Trinajstić information content (AvgIpc) is 2.56. The third-order valence-corrected chi connectivity index (χ3v) is 4.22. The fraction of sp³-hybridized carbons (Fsp3) is 0.333. The fourth-order valence-corrected chi connectivity index (χ4v) is 3.00. The summed E-state index contributed by atoms with van der Waals surface area (Å²) >= 11 is 3.53. The minimum Gasteiger partial charge on any atom is -0.374 e. The van der Waals surface area contributed by atoms with Gasteiger partial charge in [0, 0.05) is 23.2 Å². The Morgan fingerprint density at radius 2 is 2.00 bits per heavy atom. The smallest absolute Gasteiger partial charge is 0.0983 e. The van der Waals surface area contributed by atoms with E-state index in [-0.39, 0.29) is 6.10 Å². The van der Waals surface area contributed by atoms with Gasteiger partial charge in [0.15, 0.2) is 0 Å². The van der Waals surface area contributed by atoms with Crippen molar-refractivity contribution in [3.63, 3.8) is 0 Å². The van der Waals surface area contributed by atoms with Crippen LogP contribution < -0.4 is 4.90 Å². The first-order valence-corrected chi connectivity index (χ1v) is 8.34. The zero-order chi connectivity index (χ0) is 15.2. The van der Waals surface area contributed by atoms with Crippen LogP contribution in [-0.2, 0) is 16.1 Å². The predicted molar refractivity (Wildman–Crippen MR) is 92.2 cm³/mol. The molecule has 3 nitrogen and oxygen atoms in total. The molecule has 22 heavy (non-hydrogen) atoms. The van der Waals surface area contributed by atoms with Gasteiger partial charge in [-0.3, -0.25) is 0 Å². The number of anilines is 1. The molecule has 1 aliphatic rings. The highest BCUT2D eigenvalue weighted by molar-refractivity contribution is 9.10. The van der Waals surface area contributed by atoms with Crippen LogP contribution in [0.5, 0.6) is 0 Å². The average molecular weight is 362 g/mol. The molecule has 116 valence electrons. The Morgan fingerprint density at radius 3 is 2.82 bits per heavy atom. The highest BCUT2D eigenvalue weighted by Gasteiger charge is 2.21. The first-order valence-electron chi connectivity index (χ1n) is 7.55. The Hall–Kier alpha value is -1.36. The van der Waals surface area contributed by atoms with E-state index in [2.05, 4.69) is 51.2 Å². The van der Waals surface area contributed by atoms with E-state index in [9.17, 15) is 0 Å². The van der Waals surface area contributed by atoms with Crippen LogP contribution in [0.3, 0.4) is 0 Å². The van der Waals surface area contributed by atoms with Crippen molar-refractivity contribution >= 4 is 21.6 Å². The summed E-state index contributed by atoms with van der Waals surface area (Å²) in [6.07, 6.45) is 0.122. The number of morpholine rings is 1. The van der Waals surface area contributed by atoms with Crippen molar-refractivity contribution in [2.24, 2.45) is 0 Å². The summed E-state index contributed by atoms with van der Waals surface area (Å²) in [5.41, 5.74) is 2.42. The predicted octanol–water partition coefficient (Wildman–Crippen LogP) is 3.87. The van der Waals surface area contributed by atoms with Gasteiger partial charge in [-0.15, -0.1) is 0 Å². The van der Waals surface area contributed by atoms with E-state index in [0.717, 1.165) is 24.2 Å². The van der Waals surface area contributed by atoms with E-state index in [1.807, 2.05) is 24.3 Å². The molecule has 2 aromatic rings. The molecule has 0 spiro atoms. The molecular formula is C18H20BrNO2. The molecule has 0 saturated carbocycles. The van der Waals surface area contributed by atoms with Gasteiger partial charge in [-0.05, 0) is 23.8 Å². The Labute approximate surface area is 140 Å². The summed E-state index contributed by atoms with van der Waals surface area (Å²) in [6.45, 7) is 3.79. The zero-order valence-corrected chi connectivity index (χ0v) is 14.0. The molecule has 0 unspecified atom stereocenters. The molecule has 0 aliphatic carbocycles. The van der Waals surface area contributed by atoms with Gasteiger partial charge in [-0.1, -0.05) is 52.3 Å². The van der Waals surface area contributed by atoms with Crippen LogP contribution in [0.15, 0.2) is 59.1 Å². The second-order valence-electron chi connectivity index (χ2n) is 5.42. The van der Waals surface area contributed by atoms with Crippen LogP contribution in [0.2, 0.25) is 0 Å². The van der Waals surface area contributed by atoms with E-state index in [4.69, 9.17) is 9.47 Å². The molecule has 1 fully saturated rings. The largest absolute Gasteiger partial charge is 0.374 e. The quantitative estimate of drug-likeness (QED) is 0.806. The maximum Gasteiger partial charge on any atom is 0.0983 e. The van der Waals surface area contributed by atoms with E-state index in [1.165, 1.54) is 11.3 Å². The van der Waals surface area contributed by atoms with Gasteiger partial charge < -0.3 is 14.4 Å². The first kappa shape index (κ1) is 15.5. The summed E-state index contributed by atoms with van der Waals surface area (Å²) in [7, 11) is 0. The van der Waals surface area contributed by atoms with E-state index >= 15 is 0 Å². The molecule has 0 aromatic heterocycles. The van der Waals surface area contributed by atoms with Crippen molar-refractivity contribution in [3.05, 3.63) is 64.6 Å². The second kappa shape index (κ2) is 7.77. The normalized spacial score (nSPS) is 18.4. The number of hydrogen-bond acceptors (Lipinski definition) is 3. The Bertz CT molecular complexity index is 591. The molecule has 2 aromatic carbocycles. The molecule has 0 amide bonds. The van der Waals surface area contributed by atoms with Crippen molar-refractivity contribution in [3.8, 4) is 0 Å². The summed E-state index contributed by atoms with van der Waals surface area (Å²) in [6, 6.07) is 18.6. The monoisotopic (exact) mass is 361 g/mol. The molecule has 1 saturated heterocycles. The summed E-state index contributed by atoms with van der Waals surface area (Å²) in [5, 5.41) is 0.